The third-order valence-electron chi connectivity index (χ3n) is 19.2. The van der Waals surface area contributed by atoms with Gasteiger partial charge in [0, 0.05) is 38.3 Å². The lowest BCUT2D eigenvalue weighted by Crippen LogP contribution is -2.53. The first-order valence-electron chi connectivity index (χ1n) is 41.9. The van der Waals surface area contributed by atoms with Crippen molar-refractivity contribution in [3.05, 3.63) is 83.4 Å². The lowest BCUT2D eigenvalue weighted by molar-refractivity contribution is -0.162. The summed E-state index contributed by atoms with van der Waals surface area (Å²) in [6.07, 6.45) is 6.01. The van der Waals surface area contributed by atoms with Gasteiger partial charge >= 0.3 is 41.8 Å². The summed E-state index contributed by atoms with van der Waals surface area (Å²) in [6.45, 7) is 27.0. The van der Waals surface area contributed by atoms with Crippen LogP contribution in [0.15, 0.2) is 66.7 Å². The number of nitrogens with two attached hydrogens (primary N) is 1. The van der Waals surface area contributed by atoms with Gasteiger partial charge in [-0.3, -0.25) is 38.4 Å². The quantitative estimate of drug-likeness (QED) is 0.0143. The van der Waals surface area contributed by atoms with Crippen molar-refractivity contribution >= 4 is 94.0 Å². The molecule has 2 fully saturated rings. The summed E-state index contributed by atoms with van der Waals surface area (Å²) in [5.74, 6) is -10.2. The van der Waals surface area contributed by atoms with Crippen LogP contribution in [-0.2, 0) is 104 Å². The lowest BCUT2D eigenvalue weighted by atomic mass is 9.81. The average molecular weight is 1650 g/mol. The monoisotopic (exact) mass is 1650 g/mol. The third-order valence-corrected chi connectivity index (χ3v) is 19.2. The van der Waals surface area contributed by atoms with Gasteiger partial charge in [0.1, 0.15) is 76.4 Å². The van der Waals surface area contributed by atoms with Crippen LogP contribution in [0.5, 0.6) is 0 Å². The standard InChI is InChI=1S/C88H134N10O20/c1-55-35-37-56(38-36-55)27-26-34-70(99)93-67(80(109)116-86(8,9)10)51-72(101)95-69(82(111)118-88(14,15)16)53-73(102)94-68(81(110)117-87(11,12)13)52-71(100)92-63(32-22-24-47-89)76(105)91-54-57-39-43-60(44-40-57)75(104)96-66(50-58-41-42-59-28-20-21-29-61(59)49-58)77(106)90-48-25-23-33-64(78(107)113-62-30-18-17-19-31-62)97-83(112)98-65(79(108)115-85(5,6)7)45-46-74(103)114-84(2,3)4/h20-21,28-29,35-38,41-42,49,57,60,62-69H,17-19,22-27,30-34,39-40,43-48,50-54,89H2,1-16H3,(H,90,106)(H,91,105)(H,92,100)(H,93,99)(H,94,102)(H,95,101)(H,96,104)(H2,97,98,112). The molecule has 7 atom stereocenters. The molecule has 3 aromatic carbocycles. The Kier molecular flexibility index (Phi) is 39.5. The van der Waals surface area contributed by atoms with Crippen molar-refractivity contribution < 1.29 is 95.5 Å². The molecule has 656 valence electrons. The van der Waals surface area contributed by atoms with Crippen LogP contribution < -0.4 is 53.6 Å². The highest BCUT2D eigenvalue weighted by atomic mass is 16.6. The molecule has 9 amide bonds. The van der Waals surface area contributed by atoms with E-state index in [1.54, 1.807) is 104 Å². The predicted octanol–water partition coefficient (Wildman–Crippen LogP) is 9.05. The number of benzene rings is 3. The van der Waals surface area contributed by atoms with E-state index >= 15 is 0 Å². The number of carbonyl (C=O) groups excluding carboxylic acids is 14. The summed E-state index contributed by atoms with van der Waals surface area (Å²) in [4.78, 5) is 193. The van der Waals surface area contributed by atoms with Crippen LogP contribution in [0.3, 0.4) is 0 Å². The van der Waals surface area contributed by atoms with Gasteiger partial charge in [-0.15, -0.1) is 0 Å². The molecular weight excluding hydrogens is 1520 g/mol. The first-order chi connectivity index (χ1) is 55.2. The van der Waals surface area contributed by atoms with Gasteiger partial charge in [-0.25, -0.2) is 28.8 Å². The van der Waals surface area contributed by atoms with E-state index in [1.807, 2.05) is 73.7 Å². The highest BCUT2D eigenvalue weighted by Gasteiger charge is 2.39. The number of esters is 6. The van der Waals surface area contributed by atoms with E-state index < -0.39 is 173 Å². The van der Waals surface area contributed by atoms with E-state index in [2.05, 4.69) is 47.9 Å². The van der Waals surface area contributed by atoms with Crippen LogP contribution in [0.2, 0.25) is 0 Å². The number of carbonyl (C=O) groups is 14. The third kappa shape index (κ3) is 39.7. The zero-order chi connectivity index (χ0) is 87.7. The van der Waals surface area contributed by atoms with Gasteiger partial charge in [0.25, 0.3) is 0 Å². The van der Waals surface area contributed by atoms with E-state index in [0.29, 0.717) is 77.0 Å². The van der Waals surface area contributed by atoms with Gasteiger partial charge in [0.15, 0.2) is 0 Å². The van der Waals surface area contributed by atoms with E-state index in [9.17, 15) is 67.1 Å². The number of urea groups is 1. The molecule has 7 unspecified atom stereocenters. The normalized spacial score (nSPS) is 16.5. The number of fused-ring (bicyclic) bond motifs is 1. The SMILES string of the molecule is Cc1ccc(CCCC(=O)NC(CC(=O)NC(CC(=O)NC(CC(=O)NC(CCCCN)C(=O)NCC2CCC(C(=O)NC(Cc3ccc4ccccc4c3)C(=O)NCCCCC(NC(=O)NC(CCC(=O)OC(C)(C)C)C(=O)OC(C)(C)C)C(=O)OC3CCCCC3)CC2)C(=O)OC(C)(C)C)C(=O)OC(C)(C)C)C(=O)OC(C)(C)C)cc1. The van der Waals surface area contributed by atoms with Crippen molar-refractivity contribution in [1.82, 2.24) is 47.9 Å². The van der Waals surface area contributed by atoms with Gasteiger partial charge in [-0.1, -0.05) is 78.7 Å². The van der Waals surface area contributed by atoms with Gasteiger partial charge in [0.2, 0.25) is 41.4 Å². The lowest BCUT2D eigenvalue weighted by Gasteiger charge is -2.30. The largest absolute Gasteiger partial charge is 0.461 e. The molecule has 2 aliphatic carbocycles. The topological polar surface area (TPSA) is 429 Å². The van der Waals surface area contributed by atoms with E-state index in [1.165, 1.54) is 0 Å². The van der Waals surface area contributed by atoms with Crippen LogP contribution in [0.25, 0.3) is 10.8 Å². The second-order valence-electron chi connectivity index (χ2n) is 36.1. The second kappa shape index (κ2) is 47.2. The fourth-order valence-corrected chi connectivity index (χ4v) is 13.5. The Morgan fingerprint density at radius 3 is 1.39 bits per heavy atom. The molecule has 0 radical (unpaired) electrons. The van der Waals surface area contributed by atoms with Crippen LogP contribution in [0.4, 0.5) is 4.79 Å². The van der Waals surface area contributed by atoms with Gasteiger partial charge in [0.05, 0.1) is 19.3 Å². The van der Waals surface area contributed by atoms with E-state index in [4.69, 9.17) is 34.2 Å². The zero-order valence-corrected chi connectivity index (χ0v) is 72.5. The Morgan fingerprint density at radius 2 is 0.873 bits per heavy atom. The molecule has 0 aromatic heterocycles. The molecule has 2 aliphatic rings. The Labute approximate surface area is 696 Å². The Bertz CT molecular complexity index is 3860. The van der Waals surface area contributed by atoms with Crippen molar-refractivity contribution in [1.29, 1.82) is 0 Å². The fraction of sp³-hybridized carbons (Fsp3) is 0.659. The molecule has 118 heavy (non-hydrogen) atoms. The van der Waals surface area contributed by atoms with Crippen molar-refractivity contribution in [3.8, 4) is 0 Å². The van der Waals surface area contributed by atoms with E-state index in [0.717, 1.165) is 46.7 Å². The number of hydrogen-bond acceptors (Lipinski definition) is 21. The van der Waals surface area contributed by atoms with Gasteiger partial charge in [-0.05, 0) is 254 Å². The molecule has 0 spiro atoms. The summed E-state index contributed by atoms with van der Waals surface area (Å²) >= 11 is 0. The molecule has 0 aliphatic heterocycles. The molecule has 30 heteroatoms. The number of unbranched alkanes of at least 4 members (excludes halogenated alkanes) is 2. The number of hydrogen-bond donors (Lipinski definition) is 10. The molecule has 0 heterocycles. The summed E-state index contributed by atoms with van der Waals surface area (Å²) in [5.41, 5.74) is 3.75. The van der Waals surface area contributed by atoms with Crippen LogP contribution >= 0.6 is 0 Å². The zero-order valence-electron chi connectivity index (χ0n) is 72.5. The maximum absolute atomic E-state index is 14.4. The van der Waals surface area contributed by atoms with Gasteiger partial charge in [-0.2, -0.15) is 0 Å². The summed E-state index contributed by atoms with van der Waals surface area (Å²) in [5, 5.41) is 26.5. The molecule has 0 saturated heterocycles. The number of ether oxygens (including phenoxy) is 6. The highest BCUT2D eigenvalue weighted by Crippen LogP contribution is 2.30. The summed E-state index contributed by atoms with van der Waals surface area (Å²) in [6, 6.07) is 11.1. The number of amides is 9. The summed E-state index contributed by atoms with van der Waals surface area (Å²) in [7, 11) is 0. The minimum absolute atomic E-state index is 0.00467. The highest BCUT2D eigenvalue weighted by molar-refractivity contribution is 5.96. The van der Waals surface area contributed by atoms with Crippen LogP contribution in [0, 0.1) is 18.8 Å². The number of rotatable bonds is 42. The Balaban J connectivity index is 1.22. The van der Waals surface area contributed by atoms with Crippen molar-refractivity contribution in [3.63, 3.8) is 0 Å². The molecule has 0 bridgehead atoms. The predicted molar refractivity (Wildman–Crippen MR) is 444 cm³/mol. The van der Waals surface area contributed by atoms with Crippen molar-refractivity contribution in [2.45, 2.75) is 341 Å². The first kappa shape index (κ1) is 98.8. The van der Waals surface area contributed by atoms with Crippen LogP contribution in [-0.4, -0.2) is 179 Å². The van der Waals surface area contributed by atoms with E-state index in [-0.39, 0.29) is 76.1 Å². The second-order valence-corrected chi connectivity index (χ2v) is 36.1. The number of nitrogens with one attached hydrogen (secondary N) is 9. The molecule has 3 aromatic rings. The van der Waals surface area contributed by atoms with Crippen molar-refractivity contribution in [2.24, 2.45) is 17.6 Å². The maximum Gasteiger partial charge on any atom is 0.329 e. The molecular formula is C88H134N10O20. The molecule has 5 rings (SSSR count). The Hall–Kier alpha value is -9.74. The number of aryl methyl sites for hydroxylation is 2. The molecule has 11 N–H and O–H groups in total. The van der Waals surface area contributed by atoms with Crippen LogP contribution in [0.1, 0.15) is 262 Å². The minimum Gasteiger partial charge on any atom is -0.461 e. The molecule has 30 nitrogen and oxygen atoms in total. The first-order valence-corrected chi connectivity index (χ1v) is 41.9. The molecule has 2 saturated carbocycles. The minimum atomic E-state index is -1.73. The smallest absolute Gasteiger partial charge is 0.329 e. The maximum atomic E-state index is 14.4. The van der Waals surface area contributed by atoms with Gasteiger partial charge < -0.3 is 82.0 Å². The summed E-state index contributed by atoms with van der Waals surface area (Å²) < 4.78 is 33.7. The fourth-order valence-electron chi connectivity index (χ4n) is 13.5. The Morgan fingerprint density at radius 1 is 0.415 bits per heavy atom. The van der Waals surface area contributed by atoms with Crippen molar-refractivity contribution in [2.75, 3.05) is 19.6 Å². The average Bonchev–Trinajstić information content (AvgIpc) is 0.833.